The summed E-state index contributed by atoms with van der Waals surface area (Å²) in [4.78, 5) is 48.0. The van der Waals surface area contributed by atoms with Gasteiger partial charge in [0.1, 0.15) is 18.8 Å². The molecule has 0 aromatic carbocycles. The molecular formula is C38H66O25. The Morgan fingerprint density at radius 2 is 0.603 bits per heavy atom. The van der Waals surface area contributed by atoms with Gasteiger partial charge in [-0.3, -0.25) is 0 Å². The quantitative estimate of drug-likeness (QED) is 0.189. The second-order valence-corrected chi connectivity index (χ2v) is 13.0. The predicted octanol–water partition coefficient (Wildman–Crippen LogP) is -2.72. The summed E-state index contributed by atoms with van der Waals surface area (Å²) in [5.41, 5.74) is 0. The van der Waals surface area contributed by atoms with Crippen LogP contribution in [0.25, 0.3) is 0 Å². The molecule has 3 saturated heterocycles. The summed E-state index contributed by atoms with van der Waals surface area (Å²) < 4.78 is 91.0. The summed E-state index contributed by atoms with van der Waals surface area (Å²) in [5, 5.41) is 37.6. The molecule has 0 aliphatic carbocycles. The molecule has 3 rings (SSSR count). The lowest BCUT2D eigenvalue weighted by molar-refractivity contribution is -0.187. The lowest BCUT2D eigenvalue weighted by atomic mass is 10.2. The van der Waals surface area contributed by atoms with Crippen molar-refractivity contribution in [3.8, 4) is 0 Å². The zero-order valence-corrected chi connectivity index (χ0v) is 35.6. The van der Waals surface area contributed by atoms with Gasteiger partial charge in [0.25, 0.3) is 0 Å². The Bertz CT molecular complexity index is 1140. The summed E-state index contributed by atoms with van der Waals surface area (Å²) in [5.74, 6) is -5.62. The zero-order chi connectivity index (χ0) is 45.6. The molecule has 63 heavy (non-hydrogen) atoms. The highest BCUT2D eigenvalue weighted by molar-refractivity contribution is 5.85. The van der Waals surface area contributed by atoms with E-state index in [1.165, 1.54) is 0 Å². The van der Waals surface area contributed by atoms with Gasteiger partial charge in [-0.1, -0.05) is 0 Å². The number of hydrogen-bond donors (Lipinski definition) is 4. The fourth-order valence-corrected chi connectivity index (χ4v) is 5.14. The Morgan fingerprint density at radius 1 is 0.349 bits per heavy atom. The number of esters is 1. The molecule has 3 fully saturated rings. The molecule has 3 heterocycles. The van der Waals surface area contributed by atoms with Gasteiger partial charge in [-0.25, -0.2) is 19.2 Å². The first kappa shape index (κ1) is 56.3. The molecule has 4 N–H and O–H groups in total. The van der Waals surface area contributed by atoms with Crippen LogP contribution in [0, 0.1) is 0 Å². The maximum atomic E-state index is 13.0. The van der Waals surface area contributed by atoms with Crippen LogP contribution in [0.3, 0.4) is 0 Å². The van der Waals surface area contributed by atoms with Gasteiger partial charge >= 0.3 is 23.9 Å². The molecule has 25 nitrogen and oxygen atoms in total. The summed E-state index contributed by atoms with van der Waals surface area (Å²) in [6, 6.07) is 0. The summed E-state index contributed by atoms with van der Waals surface area (Å²) in [6.07, 6.45) is -8.10. The Kier molecular flexibility index (Phi) is 34.4. The van der Waals surface area contributed by atoms with Crippen LogP contribution in [0.4, 0.5) is 0 Å². The van der Waals surface area contributed by atoms with Crippen molar-refractivity contribution in [2.45, 2.75) is 36.6 Å². The van der Waals surface area contributed by atoms with E-state index in [0.29, 0.717) is 92.5 Å². The minimum atomic E-state index is -1.81. The number of carbonyl (C=O) groups excluding carboxylic acids is 1. The molecule has 6 unspecified atom stereocenters. The van der Waals surface area contributed by atoms with E-state index in [0.717, 1.165) is 0 Å². The van der Waals surface area contributed by atoms with Gasteiger partial charge in [0.05, 0.1) is 178 Å². The van der Waals surface area contributed by atoms with E-state index < -0.39 is 54.4 Å². The zero-order valence-electron chi connectivity index (χ0n) is 35.6. The van der Waals surface area contributed by atoms with Crippen molar-refractivity contribution < 1.29 is 120 Å². The molecule has 0 amide bonds. The number of carboxylic acids is 3. The van der Waals surface area contributed by atoms with E-state index >= 15 is 0 Å². The molecular weight excluding hydrogens is 856 g/mol. The lowest BCUT2D eigenvalue weighted by Gasteiger charge is -2.25. The highest BCUT2D eigenvalue weighted by atomic mass is 16.6. The SMILES string of the molecule is O=C(O)C1OCCOCCOC(C(=O)O)C(C(=O)OCC2COCCOCCOCCO2)OCCOCCOC1C(=O)O.OCC1COCCOCCOCCOCCOCCO1. The molecule has 0 spiro atoms. The normalized spacial score (nSPS) is 28.2. The Labute approximate surface area is 365 Å². The molecule has 25 heteroatoms. The standard InChI is InChI=1S/C25H40O18.C13H26O7/c26-22(27)18-19(23(28)29)40-12-7-36-9-14-42-21(20(24(30)31)41-13-8-35-6-11-39-18)25(32)43-16-17-15-37-4-3-33-1-2-34-5-10-38-17;14-11-13-12-19-8-7-17-4-3-15-1-2-16-5-6-18-9-10-20-13/h17-21H,1-16H2,(H,26,27)(H,28,29)(H,30,31);13-14H,1-12H2. The van der Waals surface area contributed by atoms with Crippen molar-refractivity contribution in [1.29, 1.82) is 0 Å². The lowest BCUT2D eigenvalue weighted by Crippen LogP contribution is -2.46. The molecule has 0 bridgehead atoms. The number of hydrogen-bond acceptors (Lipinski definition) is 22. The third-order valence-corrected chi connectivity index (χ3v) is 8.23. The number of ether oxygens (including phenoxy) is 17. The van der Waals surface area contributed by atoms with Crippen LogP contribution in [0.1, 0.15) is 0 Å². The number of carboxylic acid groups (broad SMARTS) is 3. The van der Waals surface area contributed by atoms with Crippen molar-refractivity contribution >= 4 is 23.9 Å². The van der Waals surface area contributed by atoms with Gasteiger partial charge in [-0.2, -0.15) is 0 Å². The third kappa shape index (κ3) is 28.7. The van der Waals surface area contributed by atoms with Gasteiger partial charge < -0.3 is 101 Å². The third-order valence-electron chi connectivity index (χ3n) is 8.23. The van der Waals surface area contributed by atoms with Crippen molar-refractivity contribution in [3.63, 3.8) is 0 Å². The maximum Gasteiger partial charge on any atom is 0.338 e. The van der Waals surface area contributed by atoms with Crippen LogP contribution in [-0.2, 0) is 99.7 Å². The fraction of sp³-hybridized carbons (Fsp3) is 0.895. The van der Waals surface area contributed by atoms with Gasteiger partial charge in [0.2, 0.25) is 0 Å². The summed E-state index contributed by atoms with van der Waals surface area (Å²) >= 11 is 0. The molecule has 0 saturated carbocycles. The Hall–Kier alpha value is -2.80. The number of aliphatic hydroxyl groups excluding tert-OH is 1. The number of aliphatic carboxylic acids is 3. The van der Waals surface area contributed by atoms with E-state index in [4.69, 9.17) is 85.6 Å². The van der Waals surface area contributed by atoms with Crippen LogP contribution in [0.15, 0.2) is 0 Å². The number of carbonyl (C=O) groups is 4. The van der Waals surface area contributed by atoms with Crippen molar-refractivity contribution in [1.82, 2.24) is 0 Å². The van der Waals surface area contributed by atoms with Crippen LogP contribution < -0.4 is 0 Å². The van der Waals surface area contributed by atoms with E-state index in [1.807, 2.05) is 0 Å². The maximum absolute atomic E-state index is 13.0. The average molecular weight is 923 g/mol. The minimum Gasteiger partial charge on any atom is -0.479 e. The molecule has 6 atom stereocenters. The first-order valence-corrected chi connectivity index (χ1v) is 20.7. The van der Waals surface area contributed by atoms with Gasteiger partial charge in [-0.05, 0) is 0 Å². The topological polar surface area (TPSA) is 306 Å². The molecule has 0 aromatic heterocycles. The summed E-state index contributed by atoms with van der Waals surface area (Å²) in [6.45, 7) is 5.21. The average Bonchev–Trinajstić information content (AvgIpc) is 3.25. The van der Waals surface area contributed by atoms with E-state index in [2.05, 4.69) is 0 Å². The fourth-order valence-electron chi connectivity index (χ4n) is 5.14. The molecule has 0 radical (unpaired) electrons. The minimum absolute atomic E-state index is 0.0716. The second kappa shape index (κ2) is 38.5. The Balaban J connectivity index is 0.000000569. The van der Waals surface area contributed by atoms with Gasteiger partial charge in [0, 0.05) is 0 Å². The van der Waals surface area contributed by atoms with Crippen molar-refractivity contribution in [2.24, 2.45) is 0 Å². The van der Waals surface area contributed by atoms with E-state index in [1.54, 1.807) is 0 Å². The first-order chi connectivity index (χ1) is 30.7. The Morgan fingerprint density at radius 3 is 0.937 bits per heavy atom. The van der Waals surface area contributed by atoms with E-state index in [-0.39, 0.29) is 98.6 Å². The second-order valence-electron chi connectivity index (χ2n) is 13.0. The summed E-state index contributed by atoms with van der Waals surface area (Å²) in [7, 11) is 0. The smallest absolute Gasteiger partial charge is 0.338 e. The first-order valence-electron chi connectivity index (χ1n) is 20.7. The highest BCUT2D eigenvalue weighted by Crippen LogP contribution is 2.11. The van der Waals surface area contributed by atoms with Crippen LogP contribution in [0.2, 0.25) is 0 Å². The number of rotatable bonds is 7. The predicted molar refractivity (Wildman–Crippen MR) is 208 cm³/mol. The largest absolute Gasteiger partial charge is 0.479 e. The van der Waals surface area contributed by atoms with Gasteiger partial charge in [-0.15, -0.1) is 0 Å². The van der Waals surface area contributed by atoms with Crippen LogP contribution >= 0.6 is 0 Å². The van der Waals surface area contributed by atoms with Crippen LogP contribution in [0.5, 0.6) is 0 Å². The van der Waals surface area contributed by atoms with Crippen molar-refractivity contribution in [3.05, 3.63) is 0 Å². The molecule has 0 aromatic rings. The van der Waals surface area contributed by atoms with Gasteiger partial charge in [0.15, 0.2) is 24.4 Å². The van der Waals surface area contributed by atoms with Crippen LogP contribution in [-0.4, -0.2) is 266 Å². The monoisotopic (exact) mass is 922 g/mol. The van der Waals surface area contributed by atoms with Crippen molar-refractivity contribution in [2.75, 3.05) is 185 Å². The molecule has 368 valence electrons. The highest BCUT2D eigenvalue weighted by Gasteiger charge is 2.38. The van der Waals surface area contributed by atoms with E-state index in [9.17, 15) is 34.5 Å². The molecule has 3 aliphatic rings. The number of aliphatic hydroxyl groups is 1. The molecule has 3 aliphatic heterocycles.